The molecule has 7 heteroatoms. The fourth-order valence-corrected chi connectivity index (χ4v) is 3.29. The molecule has 0 aliphatic heterocycles. The highest BCUT2D eigenvalue weighted by Crippen LogP contribution is 2.26. The van der Waals surface area contributed by atoms with E-state index in [0.29, 0.717) is 5.95 Å². The van der Waals surface area contributed by atoms with Crippen molar-refractivity contribution in [3.05, 3.63) is 54.4 Å². The van der Waals surface area contributed by atoms with E-state index in [1.807, 2.05) is 18.2 Å². The van der Waals surface area contributed by atoms with Gasteiger partial charge in [0.25, 0.3) is 5.95 Å². The normalized spacial score (nSPS) is 11.6. The van der Waals surface area contributed by atoms with Crippen molar-refractivity contribution >= 4 is 34.2 Å². The van der Waals surface area contributed by atoms with Crippen LogP contribution in [0.5, 0.6) is 0 Å². The van der Waals surface area contributed by atoms with Crippen LogP contribution < -0.4 is 5.43 Å². The summed E-state index contributed by atoms with van der Waals surface area (Å²) in [4.78, 5) is 8.75. The van der Waals surface area contributed by atoms with Gasteiger partial charge in [0.1, 0.15) is 5.52 Å². The molecule has 0 bridgehead atoms. The number of unbranched alkanes of at least 4 members (excludes halogenated alkanes) is 3. The Hall–Kier alpha value is -3.35. The molecular weight excluding hydrogens is 350 g/mol. The molecule has 0 spiro atoms. The number of aromatic nitrogens is 5. The van der Waals surface area contributed by atoms with Crippen LogP contribution in [-0.2, 0) is 6.54 Å². The largest absolute Gasteiger partial charge is 0.324 e. The highest BCUT2D eigenvalue weighted by molar-refractivity contribution is 6.04. The lowest BCUT2D eigenvalue weighted by Crippen LogP contribution is -2.03. The second-order valence-electron chi connectivity index (χ2n) is 6.69. The van der Waals surface area contributed by atoms with Crippen LogP contribution in [0.4, 0.5) is 5.95 Å². The molecule has 4 rings (SSSR count). The SMILES string of the molecule is CCCCCCn1c2ccccc2c2nnc(N/N=C/c3cccnc3)nc21. The molecule has 0 saturated carbocycles. The molecule has 0 aliphatic carbocycles. The first-order valence-electron chi connectivity index (χ1n) is 9.67. The zero-order valence-electron chi connectivity index (χ0n) is 15.9. The van der Waals surface area contributed by atoms with Crippen LogP contribution in [0.3, 0.4) is 0 Å². The number of nitrogens with zero attached hydrogens (tertiary/aromatic N) is 6. The first kappa shape index (κ1) is 18.0. The van der Waals surface area contributed by atoms with Gasteiger partial charge in [0.05, 0.1) is 11.7 Å². The van der Waals surface area contributed by atoms with Gasteiger partial charge in [-0.2, -0.15) is 10.1 Å². The average molecular weight is 373 g/mol. The Labute approximate surface area is 163 Å². The Balaban J connectivity index is 1.63. The van der Waals surface area contributed by atoms with Crippen molar-refractivity contribution in [2.45, 2.75) is 39.2 Å². The highest BCUT2D eigenvalue weighted by atomic mass is 15.4. The van der Waals surface area contributed by atoms with E-state index in [1.54, 1.807) is 18.6 Å². The number of rotatable bonds is 8. The number of benzene rings is 1. The third-order valence-corrected chi connectivity index (χ3v) is 4.67. The van der Waals surface area contributed by atoms with Crippen molar-refractivity contribution in [1.82, 2.24) is 24.7 Å². The van der Waals surface area contributed by atoms with Crippen molar-refractivity contribution in [3.8, 4) is 0 Å². The molecule has 0 aliphatic rings. The maximum absolute atomic E-state index is 4.69. The Kier molecular flexibility index (Phi) is 5.51. The van der Waals surface area contributed by atoms with E-state index in [1.165, 1.54) is 19.3 Å². The molecule has 0 unspecified atom stereocenters. The van der Waals surface area contributed by atoms with E-state index in [0.717, 1.165) is 40.6 Å². The third kappa shape index (κ3) is 3.83. The molecule has 4 aromatic rings. The maximum Gasteiger partial charge on any atom is 0.265 e. The van der Waals surface area contributed by atoms with Crippen molar-refractivity contribution in [3.63, 3.8) is 0 Å². The summed E-state index contributed by atoms with van der Waals surface area (Å²) in [5.41, 5.74) is 6.59. The third-order valence-electron chi connectivity index (χ3n) is 4.67. The molecule has 1 aromatic carbocycles. The number of hydrogen-bond donors (Lipinski definition) is 1. The number of fused-ring (bicyclic) bond motifs is 3. The molecule has 0 saturated heterocycles. The fourth-order valence-electron chi connectivity index (χ4n) is 3.29. The van der Waals surface area contributed by atoms with Gasteiger partial charge in [0.15, 0.2) is 5.65 Å². The number of para-hydroxylation sites is 1. The second kappa shape index (κ2) is 8.56. The molecule has 3 aromatic heterocycles. The lowest BCUT2D eigenvalue weighted by Gasteiger charge is -2.06. The van der Waals surface area contributed by atoms with E-state index in [2.05, 4.69) is 55.4 Å². The topological polar surface area (TPSA) is 80.9 Å². The second-order valence-corrected chi connectivity index (χ2v) is 6.69. The number of hydrogen-bond acceptors (Lipinski definition) is 6. The summed E-state index contributed by atoms with van der Waals surface area (Å²) < 4.78 is 2.24. The number of pyridine rings is 1. The van der Waals surface area contributed by atoms with Gasteiger partial charge in [-0.15, -0.1) is 10.2 Å². The zero-order valence-corrected chi connectivity index (χ0v) is 15.9. The lowest BCUT2D eigenvalue weighted by atomic mass is 10.2. The van der Waals surface area contributed by atoms with Crippen molar-refractivity contribution < 1.29 is 0 Å². The van der Waals surface area contributed by atoms with E-state index in [-0.39, 0.29) is 0 Å². The summed E-state index contributed by atoms with van der Waals surface area (Å²) in [6, 6.07) is 12.1. The minimum absolute atomic E-state index is 0.380. The molecule has 1 N–H and O–H groups in total. The first-order chi connectivity index (χ1) is 13.9. The number of anilines is 1. The minimum Gasteiger partial charge on any atom is -0.324 e. The van der Waals surface area contributed by atoms with Gasteiger partial charge in [0.2, 0.25) is 0 Å². The van der Waals surface area contributed by atoms with E-state index < -0.39 is 0 Å². The molecule has 0 radical (unpaired) electrons. The maximum atomic E-state index is 4.69. The van der Waals surface area contributed by atoms with Gasteiger partial charge in [-0.25, -0.2) is 5.43 Å². The van der Waals surface area contributed by atoms with Crippen molar-refractivity contribution in [1.29, 1.82) is 0 Å². The van der Waals surface area contributed by atoms with Gasteiger partial charge >= 0.3 is 0 Å². The number of nitrogens with one attached hydrogen (secondary N) is 1. The van der Waals surface area contributed by atoms with E-state index in [4.69, 9.17) is 4.98 Å². The lowest BCUT2D eigenvalue weighted by molar-refractivity contribution is 0.600. The molecule has 0 atom stereocenters. The van der Waals surface area contributed by atoms with Gasteiger partial charge in [-0.05, 0) is 18.6 Å². The zero-order chi connectivity index (χ0) is 19.2. The van der Waals surface area contributed by atoms with Crippen molar-refractivity contribution in [2.24, 2.45) is 5.10 Å². The predicted molar refractivity (Wildman–Crippen MR) is 112 cm³/mol. The average Bonchev–Trinajstić information content (AvgIpc) is 3.05. The molecular formula is C21H23N7. The van der Waals surface area contributed by atoms with Gasteiger partial charge in [-0.1, -0.05) is 50.5 Å². The Bertz CT molecular complexity index is 1090. The van der Waals surface area contributed by atoms with Crippen LogP contribution in [-0.4, -0.2) is 30.9 Å². The van der Waals surface area contributed by atoms with Crippen LogP contribution in [0.25, 0.3) is 22.1 Å². The smallest absolute Gasteiger partial charge is 0.265 e. The summed E-state index contributed by atoms with van der Waals surface area (Å²) in [6.45, 7) is 3.14. The van der Waals surface area contributed by atoms with Crippen molar-refractivity contribution in [2.75, 3.05) is 5.43 Å². The number of aryl methyl sites for hydroxylation is 1. The Morgan fingerprint density at radius 1 is 1.07 bits per heavy atom. The summed E-state index contributed by atoms with van der Waals surface area (Å²) in [7, 11) is 0. The van der Waals surface area contributed by atoms with Crippen LogP contribution in [0.1, 0.15) is 38.2 Å². The number of hydrazone groups is 1. The molecule has 142 valence electrons. The Morgan fingerprint density at radius 2 is 2.00 bits per heavy atom. The van der Waals surface area contributed by atoms with Crippen LogP contribution in [0.2, 0.25) is 0 Å². The first-order valence-corrected chi connectivity index (χ1v) is 9.67. The van der Waals surface area contributed by atoms with Crippen LogP contribution in [0, 0.1) is 0 Å². The summed E-state index contributed by atoms with van der Waals surface area (Å²) in [6.07, 6.45) is 9.95. The van der Waals surface area contributed by atoms with E-state index in [9.17, 15) is 0 Å². The Morgan fingerprint density at radius 3 is 2.86 bits per heavy atom. The van der Waals surface area contributed by atoms with Gasteiger partial charge in [-0.3, -0.25) is 4.98 Å². The molecule has 0 fully saturated rings. The van der Waals surface area contributed by atoms with Gasteiger partial charge < -0.3 is 4.57 Å². The van der Waals surface area contributed by atoms with E-state index >= 15 is 0 Å². The summed E-state index contributed by atoms with van der Waals surface area (Å²) >= 11 is 0. The summed E-state index contributed by atoms with van der Waals surface area (Å²) in [5, 5.41) is 13.9. The van der Waals surface area contributed by atoms with Crippen LogP contribution >= 0.6 is 0 Å². The molecule has 7 nitrogen and oxygen atoms in total. The fraction of sp³-hybridized carbons (Fsp3) is 0.286. The monoisotopic (exact) mass is 373 g/mol. The minimum atomic E-state index is 0.380. The summed E-state index contributed by atoms with van der Waals surface area (Å²) in [5.74, 6) is 0.380. The standard InChI is InChI=1S/C21H23N7/c1-2-3-4-7-13-28-18-11-6-5-10-17(18)19-20(28)24-21(27-25-19)26-23-15-16-9-8-12-22-14-16/h5-6,8-12,14-15H,2-4,7,13H2,1H3,(H,24,26,27)/b23-15+. The quantitative estimate of drug-likeness (QED) is 0.281. The molecule has 0 amide bonds. The molecule has 3 heterocycles. The predicted octanol–water partition coefficient (Wildman–Crippen LogP) is 4.40. The molecule has 28 heavy (non-hydrogen) atoms. The van der Waals surface area contributed by atoms with Crippen LogP contribution in [0.15, 0.2) is 53.9 Å². The highest BCUT2D eigenvalue weighted by Gasteiger charge is 2.14. The van der Waals surface area contributed by atoms with Gasteiger partial charge in [0, 0.05) is 29.9 Å².